The van der Waals surface area contributed by atoms with Gasteiger partial charge < -0.3 is 10.0 Å². The molecule has 0 atom stereocenters. The summed E-state index contributed by atoms with van der Waals surface area (Å²) in [6.07, 6.45) is 4.35. The average Bonchev–Trinajstić information content (AvgIpc) is 2.95. The van der Waals surface area contributed by atoms with E-state index in [1.54, 1.807) is 12.3 Å². The zero-order valence-corrected chi connectivity index (χ0v) is 8.31. The first kappa shape index (κ1) is 8.71. The highest BCUT2D eigenvalue weighted by atomic mass is 16.4. The van der Waals surface area contributed by atoms with E-state index < -0.39 is 5.97 Å². The van der Waals surface area contributed by atoms with Crippen molar-refractivity contribution in [1.82, 2.24) is 4.98 Å². The highest BCUT2D eigenvalue weighted by Crippen LogP contribution is 2.53. The number of anilines is 1. The van der Waals surface area contributed by atoms with Crippen LogP contribution in [0.1, 0.15) is 23.3 Å². The van der Waals surface area contributed by atoms with E-state index in [1.165, 1.54) is 12.8 Å². The minimum atomic E-state index is -0.969. The third kappa shape index (κ3) is 1.37. The lowest BCUT2D eigenvalue weighted by Crippen LogP contribution is -2.48. The molecule has 4 nitrogen and oxygen atoms in total. The standard InChI is InChI=1S/C11H12N2O2/c14-10(15)9-2-1-8(5-12-9)13-6-11(7-13)3-4-11/h1-2,5H,3-4,6-7H2,(H,14,15). The van der Waals surface area contributed by atoms with Gasteiger partial charge in [-0.05, 0) is 25.0 Å². The van der Waals surface area contributed by atoms with E-state index in [9.17, 15) is 4.79 Å². The summed E-state index contributed by atoms with van der Waals surface area (Å²) in [5, 5.41) is 8.70. The number of hydrogen-bond acceptors (Lipinski definition) is 3. The smallest absolute Gasteiger partial charge is 0.354 e. The Labute approximate surface area is 87.5 Å². The fourth-order valence-electron chi connectivity index (χ4n) is 2.14. The van der Waals surface area contributed by atoms with Crippen molar-refractivity contribution in [1.29, 1.82) is 0 Å². The first-order valence-corrected chi connectivity index (χ1v) is 5.13. The number of carboxylic acid groups (broad SMARTS) is 1. The van der Waals surface area contributed by atoms with Crippen LogP contribution in [-0.2, 0) is 0 Å². The van der Waals surface area contributed by atoms with Crippen molar-refractivity contribution < 1.29 is 9.90 Å². The number of aromatic carboxylic acids is 1. The van der Waals surface area contributed by atoms with E-state index in [4.69, 9.17) is 5.11 Å². The van der Waals surface area contributed by atoms with E-state index in [1.807, 2.05) is 6.07 Å². The van der Waals surface area contributed by atoms with Crippen molar-refractivity contribution in [3.8, 4) is 0 Å². The molecule has 1 aromatic rings. The molecule has 0 radical (unpaired) electrons. The van der Waals surface area contributed by atoms with E-state index in [-0.39, 0.29) is 5.69 Å². The number of carboxylic acids is 1. The highest BCUT2D eigenvalue weighted by Gasteiger charge is 2.52. The lowest BCUT2D eigenvalue weighted by atomic mass is 9.96. The quantitative estimate of drug-likeness (QED) is 0.790. The number of carbonyl (C=O) groups is 1. The molecule has 1 aliphatic carbocycles. The fourth-order valence-corrected chi connectivity index (χ4v) is 2.14. The summed E-state index contributed by atoms with van der Waals surface area (Å²) >= 11 is 0. The van der Waals surface area contributed by atoms with E-state index in [2.05, 4.69) is 9.88 Å². The SMILES string of the molecule is O=C(O)c1ccc(N2CC3(CC3)C2)cn1. The van der Waals surface area contributed by atoms with Crippen molar-refractivity contribution in [2.24, 2.45) is 5.41 Å². The van der Waals surface area contributed by atoms with Crippen molar-refractivity contribution in [2.45, 2.75) is 12.8 Å². The second-order valence-corrected chi connectivity index (χ2v) is 4.56. The maximum absolute atomic E-state index is 10.6. The van der Waals surface area contributed by atoms with Gasteiger partial charge in [0.25, 0.3) is 0 Å². The van der Waals surface area contributed by atoms with Crippen LogP contribution in [0.2, 0.25) is 0 Å². The summed E-state index contributed by atoms with van der Waals surface area (Å²) in [4.78, 5) is 16.8. The molecule has 1 N–H and O–H groups in total. The second-order valence-electron chi connectivity index (χ2n) is 4.56. The Morgan fingerprint density at radius 2 is 2.13 bits per heavy atom. The summed E-state index contributed by atoms with van der Waals surface area (Å²) in [7, 11) is 0. The number of rotatable bonds is 2. The Hall–Kier alpha value is -1.58. The molecule has 15 heavy (non-hydrogen) atoms. The molecule has 1 aromatic heterocycles. The molecule has 0 bridgehead atoms. The van der Waals surface area contributed by atoms with Gasteiger partial charge in [-0.2, -0.15) is 0 Å². The Morgan fingerprint density at radius 1 is 1.40 bits per heavy atom. The van der Waals surface area contributed by atoms with Gasteiger partial charge in [0.2, 0.25) is 0 Å². The molecule has 2 heterocycles. The van der Waals surface area contributed by atoms with Gasteiger partial charge in [0.1, 0.15) is 5.69 Å². The van der Waals surface area contributed by atoms with Crippen LogP contribution in [0.3, 0.4) is 0 Å². The lowest BCUT2D eigenvalue weighted by molar-refractivity contribution is 0.0690. The number of aromatic nitrogens is 1. The van der Waals surface area contributed by atoms with Gasteiger partial charge in [0, 0.05) is 18.5 Å². The summed E-state index contributed by atoms with van der Waals surface area (Å²) in [6.45, 7) is 2.22. The van der Waals surface area contributed by atoms with E-state index >= 15 is 0 Å². The number of hydrogen-bond donors (Lipinski definition) is 1. The minimum Gasteiger partial charge on any atom is -0.477 e. The van der Waals surface area contributed by atoms with Gasteiger partial charge in [-0.3, -0.25) is 0 Å². The largest absolute Gasteiger partial charge is 0.477 e. The van der Waals surface area contributed by atoms with Crippen LogP contribution in [0.15, 0.2) is 18.3 Å². The van der Waals surface area contributed by atoms with Crippen LogP contribution in [0.25, 0.3) is 0 Å². The summed E-state index contributed by atoms with van der Waals surface area (Å²) in [5.41, 5.74) is 1.77. The van der Waals surface area contributed by atoms with E-state index in [0.29, 0.717) is 5.41 Å². The Balaban J connectivity index is 1.74. The molecule has 1 aliphatic heterocycles. The van der Waals surface area contributed by atoms with Crippen LogP contribution in [0.5, 0.6) is 0 Å². The van der Waals surface area contributed by atoms with Gasteiger partial charge in [0.15, 0.2) is 0 Å². The van der Waals surface area contributed by atoms with Crippen molar-refractivity contribution >= 4 is 11.7 Å². The van der Waals surface area contributed by atoms with Crippen LogP contribution in [0, 0.1) is 5.41 Å². The Bertz CT molecular complexity index is 401. The average molecular weight is 204 g/mol. The molecule has 1 spiro atoms. The van der Waals surface area contributed by atoms with Gasteiger partial charge in [0.05, 0.1) is 11.9 Å². The first-order chi connectivity index (χ1) is 7.19. The predicted octanol–water partition coefficient (Wildman–Crippen LogP) is 1.38. The molecule has 78 valence electrons. The van der Waals surface area contributed by atoms with Crippen LogP contribution in [0.4, 0.5) is 5.69 Å². The maximum atomic E-state index is 10.6. The summed E-state index contributed by atoms with van der Waals surface area (Å²) in [6, 6.07) is 3.40. The normalized spacial score (nSPS) is 21.2. The highest BCUT2D eigenvalue weighted by molar-refractivity contribution is 5.85. The third-order valence-corrected chi connectivity index (χ3v) is 3.34. The molecular formula is C11H12N2O2. The topological polar surface area (TPSA) is 53.4 Å². The molecule has 1 saturated carbocycles. The first-order valence-electron chi connectivity index (χ1n) is 5.13. The van der Waals surface area contributed by atoms with Crippen molar-refractivity contribution in [2.75, 3.05) is 18.0 Å². The molecule has 2 aliphatic rings. The van der Waals surface area contributed by atoms with Gasteiger partial charge in [-0.15, -0.1) is 0 Å². The number of nitrogens with zero attached hydrogens (tertiary/aromatic N) is 2. The van der Waals surface area contributed by atoms with E-state index in [0.717, 1.165) is 18.8 Å². The zero-order chi connectivity index (χ0) is 10.5. The number of pyridine rings is 1. The van der Waals surface area contributed by atoms with Crippen LogP contribution < -0.4 is 4.90 Å². The Morgan fingerprint density at radius 3 is 2.60 bits per heavy atom. The molecule has 2 fully saturated rings. The molecule has 4 heteroatoms. The molecule has 0 unspecified atom stereocenters. The van der Waals surface area contributed by atoms with Gasteiger partial charge in [-0.25, -0.2) is 9.78 Å². The summed E-state index contributed by atoms with van der Waals surface area (Å²) in [5.74, 6) is -0.969. The Kier molecular flexibility index (Phi) is 1.58. The third-order valence-electron chi connectivity index (χ3n) is 3.34. The van der Waals surface area contributed by atoms with Gasteiger partial charge >= 0.3 is 5.97 Å². The summed E-state index contributed by atoms with van der Waals surface area (Å²) < 4.78 is 0. The van der Waals surface area contributed by atoms with Crippen LogP contribution in [-0.4, -0.2) is 29.1 Å². The maximum Gasteiger partial charge on any atom is 0.354 e. The molecule has 0 aromatic carbocycles. The predicted molar refractivity (Wildman–Crippen MR) is 55.1 cm³/mol. The molecular weight excluding hydrogens is 192 g/mol. The molecule has 3 rings (SSSR count). The second kappa shape index (κ2) is 2.72. The van der Waals surface area contributed by atoms with Crippen molar-refractivity contribution in [3.05, 3.63) is 24.0 Å². The van der Waals surface area contributed by atoms with Crippen LogP contribution >= 0.6 is 0 Å². The molecule has 0 amide bonds. The minimum absolute atomic E-state index is 0.111. The van der Waals surface area contributed by atoms with Crippen molar-refractivity contribution in [3.63, 3.8) is 0 Å². The van der Waals surface area contributed by atoms with Gasteiger partial charge in [-0.1, -0.05) is 0 Å². The monoisotopic (exact) mass is 204 g/mol. The molecule has 1 saturated heterocycles. The zero-order valence-electron chi connectivity index (χ0n) is 8.31. The fraction of sp³-hybridized carbons (Fsp3) is 0.455. The lowest BCUT2D eigenvalue weighted by Gasteiger charge is -2.41.